The van der Waals surface area contributed by atoms with Crippen molar-refractivity contribution in [1.29, 1.82) is 0 Å². The zero-order valence-corrected chi connectivity index (χ0v) is 28.6. The number of allylic oxidation sites excluding steroid dienone is 2. The lowest BCUT2D eigenvalue weighted by atomic mass is 9.80. The first-order chi connectivity index (χ1) is 23.8. The number of carbonyl (C=O) groups is 3. The molecule has 1 fully saturated rings. The highest BCUT2D eigenvalue weighted by molar-refractivity contribution is 6.00. The van der Waals surface area contributed by atoms with Crippen molar-refractivity contribution in [3.05, 3.63) is 107 Å². The molecule has 11 heteroatoms. The van der Waals surface area contributed by atoms with Crippen molar-refractivity contribution in [1.82, 2.24) is 15.5 Å². The van der Waals surface area contributed by atoms with Gasteiger partial charge in [0.1, 0.15) is 5.75 Å². The summed E-state index contributed by atoms with van der Waals surface area (Å²) in [6.07, 6.45) is 1.83. The minimum absolute atomic E-state index is 0.302. The van der Waals surface area contributed by atoms with Crippen molar-refractivity contribution in [3.8, 4) is 11.5 Å². The van der Waals surface area contributed by atoms with Gasteiger partial charge < -0.3 is 40.0 Å². The molecule has 0 unspecified atom stereocenters. The SMILES string of the molecule is COC(=O)C1=C(C)NC(C)=C(C(=O)OC)C1c1cccc(NC(=O)NCCCN2CCCN(c3ccccc3Oc3ccccc3)CC2)c1. The van der Waals surface area contributed by atoms with Crippen LogP contribution in [0.25, 0.3) is 0 Å². The Hall–Kier alpha value is -5.29. The summed E-state index contributed by atoms with van der Waals surface area (Å²) in [5.74, 6) is -0.180. The summed E-state index contributed by atoms with van der Waals surface area (Å²) in [6, 6.07) is 24.8. The van der Waals surface area contributed by atoms with Gasteiger partial charge >= 0.3 is 18.0 Å². The average molecular weight is 668 g/mol. The van der Waals surface area contributed by atoms with Gasteiger partial charge in [-0.15, -0.1) is 0 Å². The number of rotatable bonds is 11. The lowest BCUT2D eigenvalue weighted by Crippen LogP contribution is -2.34. The van der Waals surface area contributed by atoms with Crippen molar-refractivity contribution in [3.63, 3.8) is 0 Å². The predicted octanol–water partition coefficient (Wildman–Crippen LogP) is 5.78. The molecule has 11 nitrogen and oxygen atoms in total. The number of amides is 2. The highest BCUT2D eigenvalue weighted by Gasteiger charge is 2.37. The van der Waals surface area contributed by atoms with Gasteiger partial charge in [-0.1, -0.05) is 42.5 Å². The molecule has 0 bridgehead atoms. The Bertz CT molecular complexity index is 1670. The van der Waals surface area contributed by atoms with Gasteiger partial charge in [-0.05, 0) is 81.7 Å². The first-order valence-corrected chi connectivity index (χ1v) is 16.6. The standard InChI is InChI=1S/C38H45N5O6/c1-26-33(36(44)47-3)35(34(27(2)40-26)37(45)48-4)28-13-10-14-29(25-28)41-38(46)39-19-11-20-42-21-12-22-43(24-23-42)31-17-8-9-18-32(31)49-30-15-6-5-7-16-30/h5-10,13-18,25,35,40H,11-12,19-24H2,1-4H3,(H2,39,41,46). The van der Waals surface area contributed by atoms with Crippen LogP contribution in [0.1, 0.15) is 38.2 Å². The van der Waals surface area contributed by atoms with Crippen LogP contribution in [0.5, 0.6) is 11.5 Å². The first kappa shape index (κ1) is 35.0. The lowest BCUT2D eigenvalue weighted by Gasteiger charge is -2.30. The molecule has 5 rings (SSSR count). The zero-order chi connectivity index (χ0) is 34.8. The highest BCUT2D eigenvalue weighted by atomic mass is 16.5. The van der Waals surface area contributed by atoms with Gasteiger partial charge in [-0.25, -0.2) is 14.4 Å². The van der Waals surface area contributed by atoms with Gasteiger partial charge in [0.2, 0.25) is 0 Å². The number of urea groups is 1. The normalized spacial score (nSPS) is 15.6. The van der Waals surface area contributed by atoms with E-state index in [2.05, 4.69) is 31.8 Å². The van der Waals surface area contributed by atoms with E-state index in [0.29, 0.717) is 40.3 Å². The smallest absolute Gasteiger partial charge is 0.336 e. The van der Waals surface area contributed by atoms with Gasteiger partial charge in [0.25, 0.3) is 0 Å². The third-order valence-corrected chi connectivity index (χ3v) is 8.75. The molecule has 1 saturated heterocycles. The minimum atomic E-state index is -0.736. The molecule has 0 radical (unpaired) electrons. The van der Waals surface area contributed by atoms with Crippen LogP contribution in [0.3, 0.4) is 0 Å². The topological polar surface area (TPSA) is 121 Å². The molecule has 3 aromatic rings. The van der Waals surface area contributed by atoms with E-state index in [1.165, 1.54) is 14.2 Å². The van der Waals surface area contributed by atoms with E-state index in [1.54, 1.807) is 32.0 Å². The molecule has 2 aliphatic rings. The third-order valence-electron chi connectivity index (χ3n) is 8.75. The number of nitrogens with zero attached hydrogens (tertiary/aromatic N) is 2. The van der Waals surface area contributed by atoms with Crippen molar-refractivity contribution < 1.29 is 28.6 Å². The fourth-order valence-corrected chi connectivity index (χ4v) is 6.42. The maximum Gasteiger partial charge on any atom is 0.336 e. The van der Waals surface area contributed by atoms with Gasteiger partial charge in [-0.3, -0.25) is 0 Å². The van der Waals surface area contributed by atoms with Crippen molar-refractivity contribution in [2.24, 2.45) is 0 Å². The van der Waals surface area contributed by atoms with Crippen LogP contribution >= 0.6 is 0 Å². The number of nitrogens with one attached hydrogen (secondary N) is 3. The van der Waals surface area contributed by atoms with Gasteiger partial charge in [0, 0.05) is 43.3 Å². The van der Waals surface area contributed by atoms with E-state index in [0.717, 1.165) is 62.8 Å². The Labute approximate surface area is 287 Å². The van der Waals surface area contributed by atoms with Crippen LogP contribution in [-0.4, -0.2) is 76.4 Å². The Morgan fingerprint density at radius 2 is 1.51 bits per heavy atom. The minimum Gasteiger partial charge on any atom is -0.466 e. The Balaban J connectivity index is 1.14. The van der Waals surface area contributed by atoms with Gasteiger partial charge in [0.15, 0.2) is 5.75 Å². The Morgan fingerprint density at radius 3 is 2.22 bits per heavy atom. The number of methoxy groups -OCH3 is 2. The number of esters is 2. The number of carbonyl (C=O) groups excluding carboxylic acids is 3. The quantitative estimate of drug-likeness (QED) is 0.173. The van der Waals surface area contributed by atoms with Crippen molar-refractivity contribution in [2.75, 3.05) is 63.7 Å². The van der Waals surface area contributed by atoms with Crippen LogP contribution in [0.2, 0.25) is 0 Å². The lowest BCUT2D eigenvalue weighted by molar-refractivity contribution is -0.137. The summed E-state index contributed by atoms with van der Waals surface area (Å²) in [4.78, 5) is 43.4. The molecule has 2 heterocycles. The Morgan fingerprint density at radius 1 is 0.816 bits per heavy atom. The number of anilines is 2. The van der Waals surface area contributed by atoms with Crippen LogP contribution < -0.4 is 25.6 Å². The third kappa shape index (κ3) is 8.80. The van der Waals surface area contributed by atoms with Crippen molar-refractivity contribution >= 4 is 29.3 Å². The van der Waals surface area contributed by atoms with E-state index < -0.39 is 17.9 Å². The van der Waals surface area contributed by atoms with Crippen molar-refractivity contribution in [2.45, 2.75) is 32.6 Å². The van der Waals surface area contributed by atoms with Crippen LogP contribution in [0, 0.1) is 0 Å². The van der Waals surface area contributed by atoms with E-state index in [-0.39, 0.29) is 6.03 Å². The molecule has 0 saturated carbocycles. The molecule has 0 atom stereocenters. The van der Waals surface area contributed by atoms with E-state index in [4.69, 9.17) is 14.2 Å². The van der Waals surface area contributed by atoms with Gasteiger partial charge in [0.05, 0.1) is 37.0 Å². The molecule has 3 aromatic carbocycles. The highest BCUT2D eigenvalue weighted by Crippen LogP contribution is 2.40. The molecule has 258 valence electrons. The molecule has 2 aliphatic heterocycles. The zero-order valence-electron chi connectivity index (χ0n) is 28.6. The number of hydrogen-bond donors (Lipinski definition) is 3. The second kappa shape index (κ2) is 16.7. The van der Waals surface area contributed by atoms with E-state index >= 15 is 0 Å². The Kier molecular flexibility index (Phi) is 11.9. The summed E-state index contributed by atoms with van der Waals surface area (Å²) in [7, 11) is 2.60. The molecular weight excluding hydrogens is 622 g/mol. The number of hydrogen-bond acceptors (Lipinski definition) is 9. The average Bonchev–Trinajstić information content (AvgIpc) is 3.35. The molecule has 2 amide bonds. The summed E-state index contributed by atoms with van der Waals surface area (Å²) in [6.45, 7) is 8.62. The fourth-order valence-electron chi connectivity index (χ4n) is 6.42. The predicted molar refractivity (Wildman–Crippen MR) is 190 cm³/mol. The summed E-state index contributed by atoms with van der Waals surface area (Å²) in [5, 5.41) is 8.95. The maximum absolute atomic E-state index is 12.9. The number of ether oxygens (including phenoxy) is 3. The van der Waals surface area contributed by atoms with E-state index in [1.807, 2.05) is 54.6 Å². The molecule has 0 aromatic heterocycles. The number of para-hydroxylation sites is 3. The summed E-state index contributed by atoms with van der Waals surface area (Å²) >= 11 is 0. The van der Waals surface area contributed by atoms with Crippen LogP contribution in [0.15, 0.2) is 101 Å². The maximum atomic E-state index is 12.9. The monoisotopic (exact) mass is 667 g/mol. The number of benzene rings is 3. The molecule has 0 spiro atoms. The summed E-state index contributed by atoms with van der Waals surface area (Å²) in [5.41, 5.74) is 4.03. The molecule has 49 heavy (non-hydrogen) atoms. The van der Waals surface area contributed by atoms with Crippen LogP contribution in [0.4, 0.5) is 16.2 Å². The first-order valence-electron chi connectivity index (χ1n) is 16.6. The summed E-state index contributed by atoms with van der Waals surface area (Å²) < 4.78 is 16.3. The second-order valence-electron chi connectivity index (χ2n) is 12.0. The fraction of sp³-hybridized carbons (Fsp3) is 0.342. The van der Waals surface area contributed by atoms with E-state index in [9.17, 15) is 14.4 Å². The van der Waals surface area contributed by atoms with Crippen LogP contribution in [-0.2, 0) is 19.1 Å². The van der Waals surface area contributed by atoms with Gasteiger partial charge in [-0.2, -0.15) is 0 Å². The molecule has 0 aliphatic carbocycles. The largest absolute Gasteiger partial charge is 0.466 e. The molecule has 3 N–H and O–H groups in total. The molecular formula is C38H45N5O6. The second-order valence-corrected chi connectivity index (χ2v) is 12.0. The number of dihydropyridines is 1.